The molecule has 1 aliphatic rings. The van der Waals surface area contributed by atoms with E-state index in [-0.39, 0.29) is 12.5 Å². The highest BCUT2D eigenvalue weighted by molar-refractivity contribution is 5.75. The van der Waals surface area contributed by atoms with E-state index in [9.17, 15) is 4.79 Å². The highest BCUT2D eigenvalue weighted by atomic mass is 16.3. The van der Waals surface area contributed by atoms with E-state index in [0.29, 0.717) is 19.1 Å². The molecular weight excluding hydrogens is 258 g/mol. The minimum atomic E-state index is -0.118. The van der Waals surface area contributed by atoms with E-state index < -0.39 is 0 Å². The summed E-state index contributed by atoms with van der Waals surface area (Å²) in [6, 6.07) is 4.24. The summed E-state index contributed by atoms with van der Waals surface area (Å²) >= 11 is 0. The Hall–Kier alpha value is -2.15. The average Bonchev–Trinajstić information content (AvgIpc) is 2.94. The molecule has 0 aliphatic heterocycles. The van der Waals surface area contributed by atoms with Crippen molar-refractivity contribution in [1.82, 2.24) is 25.6 Å². The van der Waals surface area contributed by atoms with E-state index in [0.717, 1.165) is 11.5 Å². The summed E-state index contributed by atoms with van der Waals surface area (Å²) < 4.78 is 6.68. The maximum absolute atomic E-state index is 11.7. The van der Waals surface area contributed by atoms with Crippen LogP contribution in [-0.2, 0) is 24.4 Å². The molecule has 7 heteroatoms. The minimum absolute atomic E-state index is 0.118. The summed E-state index contributed by atoms with van der Waals surface area (Å²) in [4.78, 5) is 11.7. The molecule has 1 fully saturated rings. The number of hydrogen-bond acceptors (Lipinski definition) is 5. The second-order valence-electron chi connectivity index (χ2n) is 4.92. The van der Waals surface area contributed by atoms with Gasteiger partial charge in [0.05, 0.1) is 24.7 Å². The molecular formula is C13H17N5O2. The monoisotopic (exact) mass is 275 g/mol. The number of carbonyl (C=O) groups excluding carboxylic acids is 1. The van der Waals surface area contributed by atoms with Gasteiger partial charge in [0.25, 0.3) is 0 Å². The van der Waals surface area contributed by atoms with Crippen LogP contribution in [0.3, 0.4) is 0 Å². The van der Waals surface area contributed by atoms with Crippen LogP contribution < -0.4 is 10.6 Å². The SMILES string of the molecule is O=C(Cn1cc(CNC2CC2)nn1)NCc1ccco1. The van der Waals surface area contributed by atoms with Gasteiger partial charge in [0.2, 0.25) is 5.91 Å². The van der Waals surface area contributed by atoms with Gasteiger partial charge in [-0.2, -0.15) is 0 Å². The maximum Gasteiger partial charge on any atom is 0.242 e. The fraction of sp³-hybridized carbons (Fsp3) is 0.462. The third-order valence-corrected chi connectivity index (χ3v) is 3.08. The largest absolute Gasteiger partial charge is 0.467 e. The third-order valence-electron chi connectivity index (χ3n) is 3.08. The van der Waals surface area contributed by atoms with Gasteiger partial charge in [0, 0.05) is 12.6 Å². The Balaban J connectivity index is 1.43. The van der Waals surface area contributed by atoms with Crippen LogP contribution in [0.4, 0.5) is 0 Å². The highest BCUT2D eigenvalue weighted by Crippen LogP contribution is 2.18. The lowest BCUT2D eigenvalue weighted by Crippen LogP contribution is -2.27. The molecule has 2 aromatic rings. The Bertz CT molecular complexity index is 559. The van der Waals surface area contributed by atoms with Crippen molar-refractivity contribution in [2.75, 3.05) is 0 Å². The third kappa shape index (κ3) is 3.67. The van der Waals surface area contributed by atoms with Crippen molar-refractivity contribution >= 4 is 5.91 Å². The summed E-state index contributed by atoms with van der Waals surface area (Å²) in [5.41, 5.74) is 0.857. The molecule has 0 radical (unpaired) electrons. The van der Waals surface area contributed by atoms with Crippen LogP contribution in [0.1, 0.15) is 24.3 Å². The predicted octanol–water partition coefficient (Wildman–Crippen LogP) is 0.440. The smallest absolute Gasteiger partial charge is 0.242 e. The quantitative estimate of drug-likeness (QED) is 0.766. The number of carbonyl (C=O) groups is 1. The lowest BCUT2D eigenvalue weighted by Gasteiger charge is -2.02. The summed E-state index contributed by atoms with van der Waals surface area (Å²) in [6.45, 7) is 1.26. The zero-order chi connectivity index (χ0) is 13.8. The normalized spacial score (nSPS) is 14.4. The van der Waals surface area contributed by atoms with E-state index in [4.69, 9.17) is 4.42 Å². The van der Waals surface area contributed by atoms with E-state index in [2.05, 4.69) is 20.9 Å². The Morgan fingerprint density at radius 3 is 3.10 bits per heavy atom. The van der Waals surface area contributed by atoms with Crippen molar-refractivity contribution in [2.24, 2.45) is 0 Å². The van der Waals surface area contributed by atoms with Crippen LogP contribution >= 0.6 is 0 Å². The molecule has 106 valence electrons. The number of hydrogen-bond donors (Lipinski definition) is 2. The minimum Gasteiger partial charge on any atom is -0.467 e. The first kappa shape index (κ1) is 12.9. The molecule has 1 saturated carbocycles. The van der Waals surface area contributed by atoms with Gasteiger partial charge < -0.3 is 15.1 Å². The van der Waals surface area contributed by atoms with Gasteiger partial charge in [-0.15, -0.1) is 5.10 Å². The maximum atomic E-state index is 11.7. The molecule has 0 atom stereocenters. The molecule has 0 bridgehead atoms. The molecule has 3 rings (SSSR count). The molecule has 2 N–H and O–H groups in total. The highest BCUT2D eigenvalue weighted by Gasteiger charge is 2.20. The fourth-order valence-electron chi connectivity index (χ4n) is 1.84. The van der Waals surface area contributed by atoms with Crippen molar-refractivity contribution < 1.29 is 9.21 Å². The molecule has 7 nitrogen and oxygen atoms in total. The Morgan fingerprint density at radius 1 is 1.45 bits per heavy atom. The molecule has 0 saturated heterocycles. The summed E-state index contributed by atoms with van der Waals surface area (Å²) in [6.07, 6.45) is 5.85. The molecule has 0 aromatic carbocycles. The van der Waals surface area contributed by atoms with E-state index in [1.54, 1.807) is 23.2 Å². The van der Waals surface area contributed by atoms with Crippen LogP contribution in [-0.4, -0.2) is 26.9 Å². The number of nitrogens with zero attached hydrogens (tertiary/aromatic N) is 3. The molecule has 0 unspecified atom stereocenters. The molecule has 2 heterocycles. The van der Waals surface area contributed by atoms with Crippen LogP contribution in [0.5, 0.6) is 0 Å². The van der Waals surface area contributed by atoms with Crippen LogP contribution in [0.2, 0.25) is 0 Å². The van der Waals surface area contributed by atoms with Crippen molar-refractivity contribution in [3.63, 3.8) is 0 Å². The number of furan rings is 1. The zero-order valence-electron chi connectivity index (χ0n) is 11.1. The number of amides is 1. The summed E-state index contributed by atoms with van der Waals surface area (Å²) in [7, 11) is 0. The van der Waals surface area contributed by atoms with Crippen molar-refractivity contribution in [2.45, 2.75) is 38.5 Å². The molecule has 0 spiro atoms. The number of nitrogens with one attached hydrogen (secondary N) is 2. The van der Waals surface area contributed by atoms with Gasteiger partial charge in [0.15, 0.2) is 0 Å². The molecule has 20 heavy (non-hydrogen) atoms. The summed E-state index contributed by atoms with van der Waals surface area (Å²) in [5, 5.41) is 14.1. The second-order valence-corrected chi connectivity index (χ2v) is 4.92. The van der Waals surface area contributed by atoms with Gasteiger partial charge in [-0.25, -0.2) is 4.68 Å². The van der Waals surface area contributed by atoms with E-state index in [1.807, 2.05) is 6.07 Å². The van der Waals surface area contributed by atoms with Gasteiger partial charge in [-0.05, 0) is 25.0 Å². The van der Waals surface area contributed by atoms with Crippen LogP contribution in [0.25, 0.3) is 0 Å². The Kier molecular flexibility index (Phi) is 3.78. The number of rotatable bonds is 7. The Labute approximate surface area is 116 Å². The second kappa shape index (κ2) is 5.87. The zero-order valence-corrected chi connectivity index (χ0v) is 11.1. The van der Waals surface area contributed by atoms with Crippen LogP contribution in [0.15, 0.2) is 29.0 Å². The van der Waals surface area contributed by atoms with E-state index in [1.165, 1.54) is 12.8 Å². The van der Waals surface area contributed by atoms with Crippen molar-refractivity contribution in [3.8, 4) is 0 Å². The lowest BCUT2D eigenvalue weighted by atomic mass is 10.4. The van der Waals surface area contributed by atoms with Gasteiger partial charge in [-0.3, -0.25) is 4.79 Å². The summed E-state index contributed by atoms with van der Waals surface area (Å²) in [5.74, 6) is 0.610. The average molecular weight is 275 g/mol. The number of aromatic nitrogens is 3. The first-order valence-electron chi connectivity index (χ1n) is 6.71. The molecule has 1 amide bonds. The predicted molar refractivity (Wildman–Crippen MR) is 70.4 cm³/mol. The van der Waals surface area contributed by atoms with Crippen molar-refractivity contribution in [3.05, 3.63) is 36.0 Å². The van der Waals surface area contributed by atoms with E-state index >= 15 is 0 Å². The van der Waals surface area contributed by atoms with Crippen LogP contribution in [0, 0.1) is 0 Å². The Morgan fingerprint density at radius 2 is 2.35 bits per heavy atom. The topological polar surface area (TPSA) is 85.0 Å². The fourth-order valence-corrected chi connectivity index (χ4v) is 1.84. The first-order chi connectivity index (χ1) is 9.79. The van der Waals surface area contributed by atoms with Gasteiger partial charge in [-0.1, -0.05) is 5.21 Å². The first-order valence-corrected chi connectivity index (χ1v) is 6.71. The van der Waals surface area contributed by atoms with Crippen molar-refractivity contribution in [1.29, 1.82) is 0 Å². The van der Waals surface area contributed by atoms with Gasteiger partial charge >= 0.3 is 0 Å². The van der Waals surface area contributed by atoms with Gasteiger partial charge in [0.1, 0.15) is 12.3 Å². The molecule has 1 aliphatic carbocycles. The molecule has 2 aromatic heterocycles. The standard InChI is InChI=1S/C13H17N5O2/c19-13(15-7-12-2-1-5-20-12)9-18-8-11(16-17-18)6-14-10-3-4-10/h1-2,5,8,10,14H,3-4,6-7,9H2,(H,15,19). The lowest BCUT2D eigenvalue weighted by molar-refractivity contribution is -0.122.